The molecular formula is C9H12N2O. The molecule has 12 heavy (non-hydrogen) atoms. The molecule has 3 nitrogen and oxygen atoms in total. The van der Waals surface area contributed by atoms with E-state index in [1.54, 1.807) is 0 Å². The molecule has 0 fully saturated rings. The predicted molar refractivity (Wildman–Crippen MR) is 46.2 cm³/mol. The van der Waals surface area contributed by atoms with Crippen LogP contribution in [0.5, 0.6) is 0 Å². The Morgan fingerprint density at radius 2 is 2.42 bits per heavy atom. The number of fused-ring (bicyclic) bond motifs is 1. The minimum atomic E-state index is 0.0590. The predicted octanol–water partition coefficient (Wildman–Crippen LogP) is 0.872. The summed E-state index contributed by atoms with van der Waals surface area (Å²) < 4.78 is 2.03. The molecule has 0 aromatic carbocycles. The highest BCUT2D eigenvalue weighted by Crippen LogP contribution is 2.23. The zero-order valence-corrected chi connectivity index (χ0v) is 7.29. The second-order valence-corrected chi connectivity index (χ2v) is 3.34. The van der Waals surface area contributed by atoms with Crippen LogP contribution in [0.3, 0.4) is 0 Å². The summed E-state index contributed by atoms with van der Waals surface area (Å²) in [5.41, 5.74) is 1.98. The summed E-state index contributed by atoms with van der Waals surface area (Å²) in [6.07, 6.45) is 1.94. The molecule has 3 heteroatoms. The third-order valence-electron chi connectivity index (χ3n) is 2.40. The van der Waals surface area contributed by atoms with Crippen LogP contribution in [0.15, 0.2) is 12.3 Å². The van der Waals surface area contributed by atoms with Crippen LogP contribution in [0.4, 0.5) is 0 Å². The summed E-state index contributed by atoms with van der Waals surface area (Å²) in [6.45, 7) is 2.88. The van der Waals surface area contributed by atoms with Crippen molar-refractivity contribution in [3.63, 3.8) is 0 Å². The van der Waals surface area contributed by atoms with Crippen LogP contribution in [0.25, 0.3) is 0 Å². The van der Waals surface area contributed by atoms with Crippen molar-refractivity contribution in [3.8, 4) is 0 Å². The molecule has 1 unspecified atom stereocenters. The largest absolute Gasteiger partial charge is 0.353 e. The summed E-state index contributed by atoms with van der Waals surface area (Å²) in [5.74, 6) is 0.487. The lowest BCUT2D eigenvalue weighted by Gasteiger charge is -2.21. The van der Waals surface area contributed by atoms with E-state index in [1.807, 2.05) is 23.9 Å². The Morgan fingerprint density at radius 1 is 1.67 bits per heavy atom. The number of nitrogens with one attached hydrogen (secondary N) is 1. The van der Waals surface area contributed by atoms with E-state index in [0.29, 0.717) is 5.92 Å². The zero-order valence-electron chi connectivity index (χ0n) is 7.29. The third-order valence-corrected chi connectivity index (χ3v) is 2.40. The fourth-order valence-corrected chi connectivity index (χ4v) is 1.78. The number of aromatic nitrogens is 1. The Balaban J connectivity index is 2.57. The lowest BCUT2D eigenvalue weighted by molar-refractivity contribution is 0.0940. The minimum Gasteiger partial charge on any atom is -0.353 e. The van der Waals surface area contributed by atoms with Crippen molar-refractivity contribution in [2.24, 2.45) is 7.05 Å². The van der Waals surface area contributed by atoms with Crippen molar-refractivity contribution in [1.29, 1.82) is 0 Å². The minimum absolute atomic E-state index is 0.0590. The van der Waals surface area contributed by atoms with Gasteiger partial charge in [0.25, 0.3) is 5.91 Å². The molecule has 1 atom stereocenters. The van der Waals surface area contributed by atoms with E-state index in [-0.39, 0.29) is 5.91 Å². The number of rotatable bonds is 0. The number of hydrogen-bond donors (Lipinski definition) is 1. The lowest BCUT2D eigenvalue weighted by Crippen LogP contribution is -2.34. The first-order valence-corrected chi connectivity index (χ1v) is 4.13. The van der Waals surface area contributed by atoms with E-state index in [9.17, 15) is 4.79 Å². The van der Waals surface area contributed by atoms with Crippen molar-refractivity contribution >= 4 is 5.91 Å². The van der Waals surface area contributed by atoms with E-state index < -0.39 is 0 Å². The van der Waals surface area contributed by atoms with E-state index in [2.05, 4.69) is 12.2 Å². The molecule has 0 saturated heterocycles. The van der Waals surface area contributed by atoms with E-state index >= 15 is 0 Å². The van der Waals surface area contributed by atoms with Gasteiger partial charge in [-0.2, -0.15) is 0 Å². The second kappa shape index (κ2) is 2.37. The van der Waals surface area contributed by atoms with Gasteiger partial charge < -0.3 is 9.88 Å². The molecular weight excluding hydrogens is 152 g/mol. The van der Waals surface area contributed by atoms with Crippen LogP contribution in [0.2, 0.25) is 0 Å². The standard InChI is InChI=1S/C9H12N2O/c1-6-5-10-9(12)7-3-4-11(2)8(6)7/h3-4,6H,5H2,1-2H3,(H,10,12). The molecule has 0 aliphatic carbocycles. The van der Waals surface area contributed by atoms with Gasteiger partial charge in [0, 0.05) is 31.4 Å². The van der Waals surface area contributed by atoms with Crippen molar-refractivity contribution in [3.05, 3.63) is 23.5 Å². The monoisotopic (exact) mass is 164 g/mol. The number of carbonyl (C=O) groups excluding carboxylic acids is 1. The van der Waals surface area contributed by atoms with Gasteiger partial charge in [0.15, 0.2) is 0 Å². The highest BCUT2D eigenvalue weighted by molar-refractivity contribution is 5.96. The Kier molecular flexibility index (Phi) is 1.46. The molecule has 2 heterocycles. The SMILES string of the molecule is CC1CNC(=O)c2ccn(C)c21. The molecule has 1 aliphatic heterocycles. The third kappa shape index (κ3) is 0.858. The molecule has 1 amide bonds. The average Bonchev–Trinajstić information content (AvgIpc) is 2.42. The molecule has 1 aromatic heterocycles. The van der Waals surface area contributed by atoms with Gasteiger partial charge in [0.1, 0.15) is 0 Å². The van der Waals surface area contributed by atoms with Gasteiger partial charge in [0.05, 0.1) is 5.56 Å². The molecule has 64 valence electrons. The first-order valence-electron chi connectivity index (χ1n) is 4.13. The quantitative estimate of drug-likeness (QED) is 0.606. The maximum absolute atomic E-state index is 11.3. The first kappa shape index (κ1) is 7.40. The number of nitrogens with zero attached hydrogens (tertiary/aromatic N) is 1. The van der Waals surface area contributed by atoms with Crippen LogP contribution in [0.1, 0.15) is 28.9 Å². The second-order valence-electron chi connectivity index (χ2n) is 3.34. The molecule has 2 rings (SSSR count). The van der Waals surface area contributed by atoms with Crippen LogP contribution >= 0.6 is 0 Å². The molecule has 0 spiro atoms. The highest BCUT2D eigenvalue weighted by Gasteiger charge is 2.24. The van der Waals surface area contributed by atoms with Gasteiger partial charge in [-0.3, -0.25) is 4.79 Å². The normalized spacial score (nSPS) is 21.8. The average molecular weight is 164 g/mol. The van der Waals surface area contributed by atoms with E-state index in [4.69, 9.17) is 0 Å². The fraction of sp³-hybridized carbons (Fsp3) is 0.444. The maximum Gasteiger partial charge on any atom is 0.253 e. The van der Waals surface area contributed by atoms with Gasteiger partial charge >= 0.3 is 0 Å². The molecule has 0 bridgehead atoms. The number of hydrogen-bond acceptors (Lipinski definition) is 1. The van der Waals surface area contributed by atoms with Crippen LogP contribution in [-0.4, -0.2) is 17.0 Å². The summed E-state index contributed by atoms with van der Waals surface area (Å²) in [7, 11) is 1.98. The van der Waals surface area contributed by atoms with Crippen molar-refractivity contribution in [2.45, 2.75) is 12.8 Å². The Morgan fingerprint density at radius 3 is 3.08 bits per heavy atom. The van der Waals surface area contributed by atoms with Crippen molar-refractivity contribution in [1.82, 2.24) is 9.88 Å². The van der Waals surface area contributed by atoms with Gasteiger partial charge in [-0.05, 0) is 6.07 Å². The number of carbonyl (C=O) groups is 1. The summed E-state index contributed by atoms with van der Waals surface area (Å²) in [4.78, 5) is 11.3. The molecule has 1 aliphatic rings. The van der Waals surface area contributed by atoms with Crippen LogP contribution in [-0.2, 0) is 7.05 Å². The summed E-state index contributed by atoms with van der Waals surface area (Å²) in [6, 6.07) is 1.88. The first-order chi connectivity index (χ1) is 5.70. The molecule has 1 aromatic rings. The zero-order chi connectivity index (χ0) is 8.72. The number of amides is 1. The van der Waals surface area contributed by atoms with E-state index in [1.165, 1.54) is 0 Å². The lowest BCUT2D eigenvalue weighted by atomic mass is 9.99. The molecule has 1 N–H and O–H groups in total. The fourth-order valence-electron chi connectivity index (χ4n) is 1.78. The Bertz CT molecular complexity index is 327. The summed E-state index contributed by atoms with van der Waals surface area (Å²) >= 11 is 0. The highest BCUT2D eigenvalue weighted by atomic mass is 16.1. The van der Waals surface area contributed by atoms with Gasteiger partial charge in [0.2, 0.25) is 0 Å². The van der Waals surface area contributed by atoms with Gasteiger partial charge in [-0.15, -0.1) is 0 Å². The van der Waals surface area contributed by atoms with Crippen molar-refractivity contribution in [2.75, 3.05) is 6.54 Å². The molecule has 0 radical (unpaired) electrons. The van der Waals surface area contributed by atoms with Crippen molar-refractivity contribution < 1.29 is 4.79 Å². The summed E-state index contributed by atoms with van der Waals surface area (Å²) in [5, 5.41) is 2.85. The Labute approximate surface area is 71.4 Å². The Hall–Kier alpha value is -1.25. The smallest absolute Gasteiger partial charge is 0.253 e. The van der Waals surface area contributed by atoms with E-state index in [0.717, 1.165) is 17.8 Å². The topological polar surface area (TPSA) is 34.0 Å². The van der Waals surface area contributed by atoms with Crippen LogP contribution < -0.4 is 5.32 Å². The van der Waals surface area contributed by atoms with Gasteiger partial charge in [-0.1, -0.05) is 6.92 Å². The number of aryl methyl sites for hydroxylation is 1. The maximum atomic E-state index is 11.3. The molecule has 0 saturated carbocycles. The van der Waals surface area contributed by atoms with Crippen LogP contribution in [0, 0.1) is 0 Å². The van der Waals surface area contributed by atoms with Gasteiger partial charge in [-0.25, -0.2) is 0 Å².